The fourth-order valence-corrected chi connectivity index (χ4v) is 2.59. The number of hydrogen-bond acceptors (Lipinski definition) is 5. The molecule has 2 aromatic carbocycles. The number of aromatic amines is 1. The van der Waals surface area contributed by atoms with Crippen molar-refractivity contribution in [1.29, 1.82) is 0 Å². The number of amides is 1. The van der Waals surface area contributed by atoms with Crippen LogP contribution >= 0.6 is 11.6 Å². The second-order valence-corrected chi connectivity index (χ2v) is 5.95. The van der Waals surface area contributed by atoms with Crippen molar-refractivity contribution in [3.8, 4) is 5.75 Å². The number of methoxy groups -OCH3 is 1. The number of H-pyrrole nitrogens is 1. The van der Waals surface area contributed by atoms with Crippen LogP contribution in [0.15, 0.2) is 36.4 Å². The molecule has 26 heavy (non-hydrogen) atoms. The Morgan fingerprint density at radius 1 is 1.27 bits per heavy atom. The van der Waals surface area contributed by atoms with Crippen molar-refractivity contribution in [3.05, 3.63) is 52.7 Å². The molecule has 134 valence electrons. The molecule has 3 aromatic rings. The highest BCUT2D eigenvalue weighted by atomic mass is 35.5. The van der Waals surface area contributed by atoms with Gasteiger partial charge in [-0.3, -0.25) is 9.89 Å². The van der Waals surface area contributed by atoms with Gasteiger partial charge in [0.2, 0.25) is 0 Å². The second kappa shape index (κ2) is 7.45. The van der Waals surface area contributed by atoms with Gasteiger partial charge in [0.05, 0.1) is 18.3 Å². The van der Waals surface area contributed by atoms with E-state index in [1.54, 1.807) is 37.3 Å². The van der Waals surface area contributed by atoms with Gasteiger partial charge in [0.1, 0.15) is 5.75 Å². The van der Waals surface area contributed by atoms with E-state index in [9.17, 15) is 9.59 Å². The normalized spacial score (nSPS) is 10.6. The van der Waals surface area contributed by atoms with Crippen molar-refractivity contribution in [1.82, 2.24) is 10.2 Å². The third-order valence-corrected chi connectivity index (χ3v) is 4.16. The number of para-hydroxylation sites is 1. The standard InChI is InChI=1S/C18H16ClN3O4/c1-10-7-14(15(25-2)8-12(10)19)20-16(23)9-26-18(24)17-11-5-3-4-6-13(11)21-22-17/h3-8H,9H2,1-2H3,(H,20,23)(H,21,22). The van der Waals surface area contributed by atoms with Gasteiger partial charge in [0, 0.05) is 16.5 Å². The number of ether oxygens (including phenoxy) is 2. The molecule has 3 rings (SSSR count). The first kappa shape index (κ1) is 17.8. The minimum atomic E-state index is -0.683. The maximum Gasteiger partial charge on any atom is 0.359 e. The molecule has 1 heterocycles. The summed E-state index contributed by atoms with van der Waals surface area (Å²) in [6.07, 6.45) is 0. The molecule has 0 aliphatic heterocycles. The number of esters is 1. The van der Waals surface area contributed by atoms with Crippen LogP contribution in [0.1, 0.15) is 16.1 Å². The average molecular weight is 374 g/mol. The van der Waals surface area contributed by atoms with E-state index in [2.05, 4.69) is 15.5 Å². The number of aryl methyl sites for hydroxylation is 1. The minimum Gasteiger partial charge on any atom is -0.495 e. The van der Waals surface area contributed by atoms with Crippen LogP contribution in [0.4, 0.5) is 5.69 Å². The number of fused-ring (bicyclic) bond motifs is 1. The average Bonchev–Trinajstić information content (AvgIpc) is 3.06. The molecule has 2 N–H and O–H groups in total. The van der Waals surface area contributed by atoms with E-state index in [4.69, 9.17) is 21.1 Å². The van der Waals surface area contributed by atoms with E-state index in [1.165, 1.54) is 7.11 Å². The lowest BCUT2D eigenvalue weighted by molar-refractivity contribution is -0.119. The highest BCUT2D eigenvalue weighted by Crippen LogP contribution is 2.30. The molecule has 0 fully saturated rings. The van der Waals surface area contributed by atoms with E-state index in [0.29, 0.717) is 27.4 Å². The number of carbonyl (C=O) groups is 2. The Balaban J connectivity index is 1.66. The molecule has 1 aromatic heterocycles. The molecule has 1 amide bonds. The fraction of sp³-hybridized carbons (Fsp3) is 0.167. The predicted molar refractivity (Wildman–Crippen MR) is 97.7 cm³/mol. The summed E-state index contributed by atoms with van der Waals surface area (Å²) in [6, 6.07) is 10.4. The SMILES string of the molecule is COc1cc(Cl)c(C)cc1NC(=O)COC(=O)c1n[nH]c2ccccc12. The Bertz CT molecular complexity index is 984. The number of anilines is 1. The topological polar surface area (TPSA) is 93.3 Å². The smallest absolute Gasteiger partial charge is 0.359 e. The predicted octanol–water partition coefficient (Wildman–Crippen LogP) is 3.33. The van der Waals surface area contributed by atoms with Gasteiger partial charge in [-0.2, -0.15) is 5.10 Å². The van der Waals surface area contributed by atoms with Crippen LogP contribution < -0.4 is 10.1 Å². The zero-order chi connectivity index (χ0) is 18.7. The summed E-state index contributed by atoms with van der Waals surface area (Å²) in [4.78, 5) is 24.3. The summed E-state index contributed by atoms with van der Waals surface area (Å²) in [5.41, 5.74) is 2.07. The number of nitrogens with zero attached hydrogens (tertiary/aromatic N) is 1. The summed E-state index contributed by atoms with van der Waals surface area (Å²) in [5, 5.41) is 10.5. The third-order valence-electron chi connectivity index (χ3n) is 3.75. The van der Waals surface area contributed by atoms with Crippen molar-refractivity contribution >= 4 is 40.1 Å². The molecule has 0 saturated carbocycles. The van der Waals surface area contributed by atoms with Crippen LogP contribution in [0, 0.1) is 6.92 Å². The second-order valence-electron chi connectivity index (χ2n) is 5.54. The number of aromatic nitrogens is 2. The summed E-state index contributed by atoms with van der Waals surface area (Å²) in [5.74, 6) is -0.770. The van der Waals surface area contributed by atoms with Crippen LogP contribution in [-0.4, -0.2) is 35.8 Å². The third kappa shape index (κ3) is 3.62. The number of hydrogen-bond donors (Lipinski definition) is 2. The zero-order valence-corrected chi connectivity index (χ0v) is 14.9. The van der Waals surface area contributed by atoms with Gasteiger partial charge < -0.3 is 14.8 Å². The first-order valence-electron chi connectivity index (χ1n) is 7.74. The first-order valence-corrected chi connectivity index (χ1v) is 8.11. The monoisotopic (exact) mass is 373 g/mol. The Morgan fingerprint density at radius 3 is 2.81 bits per heavy atom. The van der Waals surface area contributed by atoms with Gasteiger partial charge in [-0.25, -0.2) is 4.79 Å². The van der Waals surface area contributed by atoms with Crippen molar-refractivity contribution < 1.29 is 19.1 Å². The lowest BCUT2D eigenvalue weighted by atomic mass is 10.2. The van der Waals surface area contributed by atoms with E-state index in [-0.39, 0.29) is 5.69 Å². The Labute approximate surface area is 154 Å². The molecule has 0 unspecified atom stereocenters. The Hall–Kier alpha value is -3.06. The van der Waals surface area contributed by atoms with Gasteiger partial charge in [0.25, 0.3) is 5.91 Å². The summed E-state index contributed by atoms with van der Waals surface area (Å²) in [6.45, 7) is 1.35. The molecule has 0 aliphatic rings. The maximum absolute atomic E-state index is 12.2. The highest BCUT2D eigenvalue weighted by molar-refractivity contribution is 6.31. The van der Waals surface area contributed by atoms with Gasteiger partial charge >= 0.3 is 5.97 Å². The molecule has 0 saturated heterocycles. The van der Waals surface area contributed by atoms with E-state index in [1.807, 2.05) is 6.07 Å². The molecular formula is C18H16ClN3O4. The van der Waals surface area contributed by atoms with Gasteiger partial charge in [-0.05, 0) is 24.6 Å². The van der Waals surface area contributed by atoms with Crippen molar-refractivity contribution in [2.45, 2.75) is 6.92 Å². The quantitative estimate of drug-likeness (QED) is 0.669. The Kier molecular flexibility index (Phi) is 5.09. The molecule has 0 radical (unpaired) electrons. The molecule has 0 aliphatic carbocycles. The molecular weight excluding hydrogens is 358 g/mol. The van der Waals surface area contributed by atoms with Gasteiger partial charge in [0.15, 0.2) is 12.3 Å². The number of nitrogens with one attached hydrogen (secondary N) is 2. The van der Waals surface area contributed by atoms with Gasteiger partial charge in [-0.15, -0.1) is 0 Å². The Morgan fingerprint density at radius 2 is 2.04 bits per heavy atom. The first-order chi connectivity index (χ1) is 12.5. The van der Waals surface area contributed by atoms with Crippen LogP contribution in [0.25, 0.3) is 10.9 Å². The number of carbonyl (C=O) groups excluding carboxylic acids is 2. The van der Waals surface area contributed by atoms with Crippen LogP contribution in [0.5, 0.6) is 5.75 Å². The molecule has 0 spiro atoms. The lowest BCUT2D eigenvalue weighted by Gasteiger charge is -2.12. The van der Waals surface area contributed by atoms with Crippen molar-refractivity contribution in [2.75, 3.05) is 19.0 Å². The fourth-order valence-electron chi connectivity index (χ4n) is 2.43. The molecule has 0 atom stereocenters. The lowest BCUT2D eigenvalue weighted by Crippen LogP contribution is -2.21. The maximum atomic E-state index is 12.2. The summed E-state index contributed by atoms with van der Waals surface area (Å²) in [7, 11) is 1.47. The van der Waals surface area contributed by atoms with Crippen LogP contribution in [0.3, 0.4) is 0 Å². The molecule has 8 heteroatoms. The minimum absolute atomic E-state index is 0.133. The van der Waals surface area contributed by atoms with E-state index >= 15 is 0 Å². The van der Waals surface area contributed by atoms with E-state index in [0.717, 1.165) is 5.56 Å². The molecule has 0 bridgehead atoms. The number of halogens is 1. The van der Waals surface area contributed by atoms with Crippen LogP contribution in [0.2, 0.25) is 5.02 Å². The van der Waals surface area contributed by atoms with Gasteiger partial charge in [-0.1, -0.05) is 29.8 Å². The summed E-state index contributed by atoms with van der Waals surface area (Å²) < 4.78 is 10.2. The number of benzene rings is 2. The molecule has 7 nitrogen and oxygen atoms in total. The number of rotatable bonds is 5. The van der Waals surface area contributed by atoms with Crippen LogP contribution in [-0.2, 0) is 9.53 Å². The largest absolute Gasteiger partial charge is 0.495 e. The van der Waals surface area contributed by atoms with Crippen molar-refractivity contribution in [2.24, 2.45) is 0 Å². The highest BCUT2D eigenvalue weighted by Gasteiger charge is 2.17. The zero-order valence-electron chi connectivity index (χ0n) is 14.1. The summed E-state index contributed by atoms with van der Waals surface area (Å²) >= 11 is 6.04. The van der Waals surface area contributed by atoms with Crippen molar-refractivity contribution in [3.63, 3.8) is 0 Å². The van der Waals surface area contributed by atoms with E-state index < -0.39 is 18.5 Å².